The van der Waals surface area contributed by atoms with E-state index in [0.29, 0.717) is 6.61 Å². The Labute approximate surface area is 112 Å². The molecule has 4 nitrogen and oxygen atoms in total. The van der Waals surface area contributed by atoms with Gasteiger partial charge in [0.25, 0.3) is 0 Å². The number of ether oxygens (including phenoxy) is 1. The van der Waals surface area contributed by atoms with Gasteiger partial charge in [-0.2, -0.15) is 0 Å². The monoisotopic (exact) mass is 261 g/mol. The molecule has 0 saturated heterocycles. The summed E-state index contributed by atoms with van der Waals surface area (Å²) in [5.74, 6) is -0.222. The van der Waals surface area contributed by atoms with Gasteiger partial charge in [0.2, 0.25) is 0 Å². The Morgan fingerprint density at radius 2 is 2.21 bits per heavy atom. The van der Waals surface area contributed by atoms with Crippen LogP contribution in [0.3, 0.4) is 0 Å². The lowest BCUT2D eigenvalue weighted by molar-refractivity contribution is -0.143. The number of esters is 1. The lowest BCUT2D eigenvalue weighted by atomic mass is 10.1. The third-order valence-corrected chi connectivity index (χ3v) is 3.11. The van der Waals surface area contributed by atoms with E-state index >= 15 is 0 Å². The minimum atomic E-state index is -0.222. The van der Waals surface area contributed by atoms with Crippen LogP contribution in [0.15, 0.2) is 30.5 Å². The Kier molecular flexibility index (Phi) is 4.58. The van der Waals surface area contributed by atoms with E-state index in [4.69, 9.17) is 9.84 Å². The van der Waals surface area contributed by atoms with Crippen molar-refractivity contribution in [2.75, 3.05) is 13.2 Å². The number of hydrogen-bond donors (Lipinski definition) is 1. The molecule has 0 unspecified atom stereocenters. The molecule has 0 spiro atoms. The molecule has 0 atom stereocenters. The molecule has 19 heavy (non-hydrogen) atoms. The highest BCUT2D eigenvalue weighted by atomic mass is 16.5. The highest BCUT2D eigenvalue weighted by Crippen LogP contribution is 2.21. The zero-order valence-corrected chi connectivity index (χ0v) is 11.1. The van der Waals surface area contributed by atoms with Crippen LogP contribution in [0.2, 0.25) is 0 Å². The van der Waals surface area contributed by atoms with Crippen molar-refractivity contribution < 1.29 is 14.6 Å². The van der Waals surface area contributed by atoms with Crippen molar-refractivity contribution in [3.63, 3.8) is 0 Å². The van der Waals surface area contributed by atoms with E-state index in [2.05, 4.69) is 6.07 Å². The zero-order chi connectivity index (χ0) is 13.7. The van der Waals surface area contributed by atoms with Gasteiger partial charge in [0.15, 0.2) is 0 Å². The molecule has 1 aromatic heterocycles. The molecule has 0 aliphatic carbocycles. The van der Waals surface area contributed by atoms with E-state index in [-0.39, 0.29) is 19.1 Å². The predicted octanol–water partition coefficient (Wildman–Crippen LogP) is 2.13. The van der Waals surface area contributed by atoms with Crippen LogP contribution in [0.25, 0.3) is 10.9 Å². The van der Waals surface area contributed by atoms with E-state index in [0.717, 1.165) is 23.7 Å². The number of rotatable bonds is 6. The van der Waals surface area contributed by atoms with Gasteiger partial charge >= 0.3 is 5.97 Å². The maximum absolute atomic E-state index is 11.5. The maximum Gasteiger partial charge on any atom is 0.325 e. The SMILES string of the molecule is CCOC(=O)Cn1ccc2c(CCCO)cccc21. The lowest BCUT2D eigenvalue weighted by Crippen LogP contribution is -2.12. The first-order valence-electron chi connectivity index (χ1n) is 6.59. The summed E-state index contributed by atoms with van der Waals surface area (Å²) < 4.78 is 6.87. The third-order valence-electron chi connectivity index (χ3n) is 3.11. The maximum atomic E-state index is 11.5. The number of aromatic nitrogens is 1. The van der Waals surface area contributed by atoms with Gasteiger partial charge in [-0.25, -0.2) is 0 Å². The first-order valence-corrected chi connectivity index (χ1v) is 6.59. The van der Waals surface area contributed by atoms with E-state index in [1.54, 1.807) is 6.92 Å². The summed E-state index contributed by atoms with van der Waals surface area (Å²) in [6.07, 6.45) is 3.50. The Morgan fingerprint density at radius 1 is 1.37 bits per heavy atom. The largest absolute Gasteiger partial charge is 0.465 e. The Hall–Kier alpha value is -1.81. The molecule has 1 N–H and O–H groups in total. The quantitative estimate of drug-likeness (QED) is 0.810. The van der Waals surface area contributed by atoms with Gasteiger partial charge in [-0.15, -0.1) is 0 Å². The smallest absolute Gasteiger partial charge is 0.325 e. The molecule has 4 heteroatoms. The molecule has 0 saturated carbocycles. The number of aliphatic hydroxyl groups is 1. The topological polar surface area (TPSA) is 51.5 Å². The van der Waals surface area contributed by atoms with Crippen LogP contribution in [0.1, 0.15) is 18.9 Å². The number of hydrogen-bond acceptors (Lipinski definition) is 3. The van der Waals surface area contributed by atoms with Gasteiger partial charge in [0, 0.05) is 23.7 Å². The van der Waals surface area contributed by atoms with Gasteiger partial charge in [-0.05, 0) is 37.5 Å². The minimum absolute atomic E-state index is 0.194. The summed E-state index contributed by atoms with van der Waals surface area (Å²) in [5, 5.41) is 10.1. The van der Waals surface area contributed by atoms with Crippen molar-refractivity contribution in [2.24, 2.45) is 0 Å². The molecule has 102 valence electrons. The van der Waals surface area contributed by atoms with Crippen molar-refractivity contribution in [2.45, 2.75) is 26.3 Å². The average Bonchev–Trinajstić information content (AvgIpc) is 2.80. The molecule has 0 fully saturated rings. The number of benzene rings is 1. The van der Waals surface area contributed by atoms with Crippen molar-refractivity contribution in [1.82, 2.24) is 4.57 Å². The van der Waals surface area contributed by atoms with Crippen LogP contribution in [-0.2, 0) is 22.5 Å². The van der Waals surface area contributed by atoms with Crippen LogP contribution < -0.4 is 0 Å². The third kappa shape index (κ3) is 3.15. The minimum Gasteiger partial charge on any atom is -0.465 e. The van der Waals surface area contributed by atoms with Crippen molar-refractivity contribution in [1.29, 1.82) is 0 Å². The molecule has 0 radical (unpaired) electrons. The molecule has 0 aliphatic rings. The summed E-state index contributed by atoms with van der Waals surface area (Å²) >= 11 is 0. The second-order valence-electron chi connectivity index (χ2n) is 4.43. The number of carbonyl (C=O) groups excluding carboxylic acids is 1. The molecule has 1 heterocycles. The van der Waals surface area contributed by atoms with E-state index in [9.17, 15) is 4.79 Å². The van der Waals surface area contributed by atoms with E-state index < -0.39 is 0 Å². The van der Waals surface area contributed by atoms with Crippen LogP contribution >= 0.6 is 0 Å². The van der Waals surface area contributed by atoms with Gasteiger partial charge in [-0.1, -0.05) is 12.1 Å². The van der Waals surface area contributed by atoms with Crippen LogP contribution in [0.4, 0.5) is 0 Å². The molecule has 0 aliphatic heterocycles. The number of fused-ring (bicyclic) bond motifs is 1. The van der Waals surface area contributed by atoms with Crippen molar-refractivity contribution >= 4 is 16.9 Å². The van der Waals surface area contributed by atoms with Gasteiger partial charge < -0.3 is 14.4 Å². The van der Waals surface area contributed by atoms with Crippen LogP contribution in [0, 0.1) is 0 Å². The van der Waals surface area contributed by atoms with Crippen molar-refractivity contribution in [3.8, 4) is 0 Å². The molecule has 1 aromatic carbocycles. The molecular weight excluding hydrogens is 242 g/mol. The molecule has 2 rings (SSSR count). The number of aliphatic hydroxyl groups excluding tert-OH is 1. The second-order valence-corrected chi connectivity index (χ2v) is 4.43. The summed E-state index contributed by atoms with van der Waals surface area (Å²) in [6, 6.07) is 8.06. The Balaban J connectivity index is 2.25. The zero-order valence-electron chi connectivity index (χ0n) is 11.1. The Bertz CT molecular complexity index is 560. The highest BCUT2D eigenvalue weighted by molar-refractivity contribution is 5.85. The first-order chi connectivity index (χ1) is 9.26. The van der Waals surface area contributed by atoms with Crippen molar-refractivity contribution in [3.05, 3.63) is 36.0 Å². The molecular formula is C15H19NO3. The molecule has 2 aromatic rings. The fraction of sp³-hybridized carbons (Fsp3) is 0.400. The first kappa shape index (κ1) is 13.6. The van der Waals surface area contributed by atoms with E-state index in [1.165, 1.54) is 5.56 Å². The van der Waals surface area contributed by atoms with Crippen LogP contribution in [0.5, 0.6) is 0 Å². The number of carbonyl (C=O) groups is 1. The molecule has 0 amide bonds. The second kappa shape index (κ2) is 6.38. The summed E-state index contributed by atoms with van der Waals surface area (Å²) in [4.78, 5) is 11.5. The molecule has 0 bridgehead atoms. The lowest BCUT2D eigenvalue weighted by Gasteiger charge is -2.06. The predicted molar refractivity (Wildman–Crippen MR) is 74.0 cm³/mol. The number of aryl methyl sites for hydroxylation is 1. The Morgan fingerprint density at radius 3 is 2.95 bits per heavy atom. The highest BCUT2D eigenvalue weighted by Gasteiger charge is 2.08. The van der Waals surface area contributed by atoms with E-state index in [1.807, 2.05) is 29.0 Å². The number of nitrogens with zero attached hydrogens (tertiary/aromatic N) is 1. The fourth-order valence-electron chi connectivity index (χ4n) is 2.26. The van der Waals surface area contributed by atoms with Crippen LogP contribution in [-0.4, -0.2) is 28.9 Å². The average molecular weight is 261 g/mol. The summed E-state index contributed by atoms with van der Waals surface area (Å²) in [5.41, 5.74) is 2.23. The standard InChI is InChI=1S/C15H19NO3/c1-2-19-15(18)11-16-9-8-13-12(6-4-10-17)5-3-7-14(13)16/h3,5,7-9,17H,2,4,6,10-11H2,1H3. The van der Waals surface area contributed by atoms with Gasteiger partial charge in [0.05, 0.1) is 6.61 Å². The van der Waals surface area contributed by atoms with Gasteiger partial charge in [-0.3, -0.25) is 4.79 Å². The normalized spacial score (nSPS) is 10.8. The van der Waals surface area contributed by atoms with Gasteiger partial charge in [0.1, 0.15) is 6.54 Å². The summed E-state index contributed by atoms with van der Waals surface area (Å²) in [6.45, 7) is 2.64. The fourth-order valence-corrected chi connectivity index (χ4v) is 2.26. The summed E-state index contributed by atoms with van der Waals surface area (Å²) in [7, 11) is 0.